The van der Waals surface area contributed by atoms with E-state index in [-0.39, 0.29) is 11.9 Å². The molecule has 0 saturated heterocycles. The van der Waals surface area contributed by atoms with Gasteiger partial charge in [0.05, 0.1) is 17.3 Å². The maximum absolute atomic E-state index is 12.7. The fourth-order valence-corrected chi connectivity index (χ4v) is 2.83. The first-order valence-electron chi connectivity index (χ1n) is 8.81. The molecule has 0 aliphatic heterocycles. The van der Waals surface area contributed by atoms with E-state index in [1.165, 1.54) is 0 Å². The SMILES string of the molecule is C[C@H](NC(=O)c1ccccc1NC(=O)Nc1ccc(Cl)cc1)c1ccccc1. The molecule has 1 atom stereocenters. The summed E-state index contributed by atoms with van der Waals surface area (Å²) in [6.07, 6.45) is 0. The molecule has 0 heterocycles. The van der Waals surface area contributed by atoms with Crippen LogP contribution in [-0.2, 0) is 0 Å². The predicted molar refractivity (Wildman–Crippen MR) is 113 cm³/mol. The number of amides is 3. The van der Waals surface area contributed by atoms with E-state index in [1.807, 2.05) is 37.3 Å². The van der Waals surface area contributed by atoms with Crippen molar-refractivity contribution < 1.29 is 9.59 Å². The summed E-state index contributed by atoms with van der Waals surface area (Å²) < 4.78 is 0. The summed E-state index contributed by atoms with van der Waals surface area (Å²) in [5, 5.41) is 8.97. The van der Waals surface area contributed by atoms with Crippen molar-refractivity contribution in [2.24, 2.45) is 0 Å². The van der Waals surface area contributed by atoms with E-state index in [1.54, 1.807) is 48.5 Å². The van der Waals surface area contributed by atoms with Gasteiger partial charge in [-0.3, -0.25) is 4.79 Å². The molecular formula is C22H20ClN3O2. The van der Waals surface area contributed by atoms with Gasteiger partial charge in [-0.1, -0.05) is 54.1 Å². The zero-order chi connectivity index (χ0) is 19.9. The molecule has 0 unspecified atom stereocenters. The normalized spacial score (nSPS) is 11.4. The van der Waals surface area contributed by atoms with Gasteiger partial charge in [-0.05, 0) is 48.9 Å². The lowest BCUT2D eigenvalue weighted by atomic mass is 10.1. The Hall–Kier alpha value is -3.31. The number of urea groups is 1. The second-order valence-electron chi connectivity index (χ2n) is 6.24. The fraction of sp³-hybridized carbons (Fsp3) is 0.0909. The Morgan fingerprint density at radius 3 is 2.18 bits per heavy atom. The minimum atomic E-state index is -0.446. The van der Waals surface area contributed by atoms with Crippen LogP contribution < -0.4 is 16.0 Å². The van der Waals surface area contributed by atoms with E-state index < -0.39 is 6.03 Å². The van der Waals surface area contributed by atoms with Gasteiger partial charge in [-0.25, -0.2) is 4.79 Å². The number of halogens is 1. The topological polar surface area (TPSA) is 70.2 Å². The van der Waals surface area contributed by atoms with Gasteiger partial charge in [-0.15, -0.1) is 0 Å². The third kappa shape index (κ3) is 5.11. The maximum atomic E-state index is 12.7. The summed E-state index contributed by atoms with van der Waals surface area (Å²) in [5.74, 6) is -0.265. The van der Waals surface area contributed by atoms with Crippen molar-refractivity contribution in [3.05, 3.63) is 95.0 Å². The molecule has 0 spiro atoms. The van der Waals surface area contributed by atoms with E-state index in [0.717, 1.165) is 5.56 Å². The highest BCUT2D eigenvalue weighted by Crippen LogP contribution is 2.19. The van der Waals surface area contributed by atoms with Gasteiger partial charge < -0.3 is 16.0 Å². The molecule has 3 rings (SSSR count). The number of rotatable bonds is 5. The highest BCUT2D eigenvalue weighted by molar-refractivity contribution is 6.30. The Morgan fingerprint density at radius 2 is 1.46 bits per heavy atom. The van der Waals surface area contributed by atoms with Gasteiger partial charge in [0, 0.05) is 10.7 Å². The second kappa shape index (κ2) is 9.06. The molecule has 28 heavy (non-hydrogen) atoms. The first kappa shape index (κ1) is 19.5. The predicted octanol–water partition coefficient (Wildman–Crippen LogP) is 5.48. The molecule has 0 bridgehead atoms. The van der Waals surface area contributed by atoms with Crippen LogP contribution in [0.5, 0.6) is 0 Å². The largest absolute Gasteiger partial charge is 0.345 e. The first-order chi connectivity index (χ1) is 13.5. The Balaban J connectivity index is 1.69. The van der Waals surface area contributed by atoms with Crippen molar-refractivity contribution in [2.45, 2.75) is 13.0 Å². The summed E-state index contributed by atoms with van der Waals surface area (Å²) in [5.41, 5.74) is 2.41. The Labute approximate surface area is 168 Å². The van der Waals surface area contributed by atoms with E-state index in [2.05, 4.69) is 16.0 Å². The fourth-order valence-electron chi connectivity index (χ4n) is 2.71. The summed E-state index contributed by atoms with van der Waals surface area (Å²) in [4.78, 5) is 25.0. The Kier molecular flexibility index (Phi) is 6.29. The summed E-state index contributed by atoms with van der Waals surface area (Å²) in [7, 11) is 0. The number of para-hydroxylation sites is 1. The molecule has 3 aromatic carbocycles. The summed E-state index contributed by atoms with van der Waals surface area (Å²) in [6, 6.07) is 22.7. The molecule has 0 fully saturated rings. The molecule has 3 amide bonds. The van der Waals surface area contributed by atoms with Crippen molar-refractivity contribution in [1.82, 2.24) is 5.32 Å². The lowest BCUT2D eigenvalue weighted by Crippen LogP contribution is -2.28. The number of carbonyl (C=O) groups excluding carboxylic acids is 2. The molecule has 0 aliphatic rings. The van der Waals surface area contributed by atoms with Gasteiger partial charge >= 0.3 is 6.03 Å². The zero-order valence-corrected chi connectivity index (χ0v) is 16.0. The van der Waals surface area contributed by atoms with Crippen LogP contribution in [0.15, 0.2) is 78.9 Å². The molecule has 0 aliphatic carbocycles. The molecule has 142 valence electrons. The average Bonchev–Trinajstić information content (AvgIpc) is 2.70. The average molecular weight is 394 g/mol. The molecule has 3 aromatic rings. The number of benzene rings is 3. The molecule has 3 N–H and O–H groups in total. The number of carbonyl (C=O) groups is 2. The van der Waals surface area contributed by atoms with Gasteiger partial charge in [0.2, 0.25) is 0 Å². The van der Waals surface area contributed by atoms with Crippen LogP contribution in [0.4, 0.5) is 16.2 Å². The smallest absolute Gasteiger partial charge is 0.323 e. The number of nitrogens with one attached hydrogen (secondary N) is 3. The van der Waals surface area contributed by atoms with Crippen molar-refractivity contribution in [3.8, 4) is 0 Å². The van der Waals surface area contributed by atoms with Crippen LogP contribution in [0.25, 0.3) is 0 Å². The van der Waals surface area contributed by atoms with Crippen molar-refractivity contribution in [1.29, 1.82) is 0 Å². The molecule has 0 radical (unpaired) electrons. The van der Waals surface area contributed by atoms with Crippen LogP contribution in [-0.4, -0.2) is 11.9 Å². The lowest BCUT2D eigenvalue weighted by molar-refractivity contribution is 0.0941. The first-order valence-corrected chi connectivity index (χ1v) is 9.19. The van der Waals surface area contributed by atoms with Gasteiger partial charge in [0.15, 0.2) is 0 Å². The Morgan fingerprint density at radius 1 is 0.821 bits per heavy atom. The van der Waals surface area contributed by atoms with Gasteiger partial charge in [-0.2, -0.15) is 0 Å². The van der Waals surface area contributed by atoms with E-state index in [9.17, 15) is 9.59 Å². The van der Waals surface area contributed by atoms with E-state index in [4.69, 9.17) is 11.6 Å². The van der Waals surface area contributed by atoms with Crippen molar-refractivity contribution >= 4 is 34.9 Å². The van der Waals surface area contributed by atoms with E-state index >= 15 is 0 Å². The van der Waals surface area contributed by atoms with Crippen LogP contribution in [0.3, 0.4) is 0 Å². The van der Waals surface area contributed by atoms with Gasteiger partial charge in [0.25, 0.3) is 5.91 Å². The molecular weight excluding hydrogens is 374 g/mol. The highest BCUT2D eigenvalue weighted by atomic mass is 35.5. The minimum absolute atomic E-state index is 0.162. The second-order valence-corrected chi connectivity index (χ2v) is 6.67. The summed E-state index contributed by atoms with van der Waals surface area (Å²) in [6.45, 7) is 1.91. The standard InChI is InChI=1S/C22H20ClN3O2/c1-15(16-7-3-2-4-8-16)24-21(27)19-9-5-6-10-20(19)26-22(28)25-18-13-11-17(23)12-14-18/h2-15H,1H3,(H,24,27)(H2,25,26,28)/t15-/m0/s1. The number of hydrogen-bond donors (Lipinski definition) is 3. The number of hydrogen-bond acceptors (Lipinski definition) is 2. The van der Waals surface area contributed by atoms with Crippen LogP contribution in [0.2, 0.25) is 5.02 Å². The molecule has 6 heteroatoms. The lowest BCUT2D eigenvalue weighted by Gasteiger charge is -2.16. The highest BCUT2D eigenvalue weighted by Gasteiger charge is 2.16. The zero-order valence-electron chi connectivity index (χ0n) is 15.3. The monoisotopic (exact) mass is 393 g/mol. The number of anilines is 2. The maximum Gasteiger partial charge on any atom is 0.323 e. The van der Waals surface area contributed by atoms with Crippen molar-refractivity contribution in [3.63, 3.8) is 0 Å². The third-order valence-corrected chi connectivity index (χ3v) is 4.42. The van der Waals surface area contributed by atoms with Crippen molar-refractivity contribution in [2.75, 3.05) is 10.6 Å². The van der Waals surface area contributed by atoms with Crippen LogP contribution in [0.1, 0.15) is 28.9 Å². The minimum Gasteiger partial charge on any atom is -0.345 e. The summed E-state index contributed by atoms with van der Waals surface area (Å²) >= 11 is 5.85. The van der Waals surface area contributed by atoms with Crippen LogP contribution in [0, 0.1) is 0 Å². The quantitative estimate of drug-likeness (QED) is 0.537. The molecule has 0 aromatic heterocycles. The Bertz CT molecular complexity index is 959. The van der Waals surface area contributed by atoms with Crippen LogP contribution >= 0.6 is 11.6 Å². The van der Waals surface area contributed by atoms with E-state index in [0.29, 0.717) is 22.0 Å². The third-order valence-electron chi connectivity index (χ3n) is 4.17. The molecule has 0 saturated carbocycles. The molecule has 5 nitrogen and oxygen atoms in total. The van der Waals surface area contributed by atoms with Gasteiger partial charge in [0.1, 0.15) is 0 Å².